The number of nitrogens with one attached hydrogen (secondary N) is 2. The van der Waals surface area contributed by atoms with Crippen molar-refractivity contribution in [2.45, 2.75) is 39.2 Å². The lowest BCUT2D eigenvalue weighted by Crippen LogP contribution is -2.46. The molecule has 36 heavy (non-hydrogen) atoms. The Balaban J connectivity index is 1.81. The molecule has 2 aromatic carbocycles. The Labute approximate surface area is 217 Å². The second-order valence-electron chi connectivity index (χ2n) is 9.26. The summed E-state index contributed by atoms with van der Waals surface area (Å²) in [4.78, 5) is 40.6. The zero-order valence-electron chi connectivity index (χ0n) is 21.0. The Kier molecular flexibility index (Phi) is 9.99. The molecule has 0 radical (unpaired) electrons. The first-order valence-corrected chi connectivity index (χ1v) is 12.6. The highest BCUT2D eigenvalue weighted by molar-refractivity contribution is 6.31. The number of amides is 3. The molecule has 194 valence electrons. The average molecular weight is 516 g/mol. The standard InChI is InChI=1S/C27H34ClN3O5/c1-18(2)14-21-17-36-24-11-8-20(28)15-23(24)26(33)29-12-4-5-13-31(16-25(32)30-21)27(34)19-6-9-22(35-3)10-7-19/h6-11,15,18,21H,4-5,12-14,16-17H2,1-3H3,(H,29,33)(H,30,32)/t21-/m0/s1. The van der Waals surface area contributed by atoms with Crippen molar-refractivity contribution in [2.24, 2.45) is 5.92 Å². The van der Waals surface area contributed by atoms with Gasteiger partial charge in [-0.3, -0.25) is 14.4 Å². The van der Waals surface area contributed by atoms with Gasteiger partial charge in [-0.15, -0.1) is 0 Å². The third kappa shape index (κ3) is 7.88. The van der Waals surface area contributed by atoms with Crippen molar-refractivity contribution >= 4 is 29.3 Å². The Morgan fingerprint density at radius 3 is 2.61 bits per heavy atom. The summed E-state index contributed by atoms with van der Waals surface area (Å²) in [5.41, 5.74) is 0.826. The smallest absolute Gasteiger partial charge is 0.255 e. The Morgan fingerprint density at radius 2 is 1.92 bits per heavy atom. The molecule has 1 atom stereocenters. The molecule has 0 saturated carbocycles. The van der Waals surface area contributed by atoms with E-state index in [-0.39, 0.29) is 36.9 Å². The highest BCUT2D eigenvalue weighted by atomic mass is 35.5. The van der Waals surface area contributed by atoms with Crippen LogP contribution in [0.1, 0.15) is 53.8 Å². The van der Waals surface area contributed by atoms with Crippen LogP contribution < -0.4 is 20.1 Å². The van der Waals surface area contributed by atoms with E-state index in [1.165, 1.54) is 0 Å². The number of carbonyl (C=O) groups is 3. The van der Waals surface area contributed by atoms with Crippen LogP contribution in [0.5, 0.6) is 11.5 Å². The molecule has 9 heteroatoms. The van der Waals surface area contributed by atoms with Crippen LogP contribution in [0.4, 0.5) is 0 Å². The molecule has 3 amide bonds. The molecule has 0 aromatic heterocycles. The van der Waals surface area contributed by atoms with Crippen LogP contribution in [-0.4, -0.2) is 62.0 Å². The maximum absolute atomic E-state index is 13.2. The van der Waals surface area contributed by atoms with Gasteiger partial charge in [-0.25, -0.2) is 0 Å². The number of rotatable bonds is 4. The quantitative estimate of drug-likeness (QED) is 0.643. The average Bonchev–Trinajstić information content (AvgIpc) is 2.85. The highest BCUT2D eigenvalue weighted by Crippen LogP contribution is 2.24. The fourth-order valence-electron chi connectivity index (χ4n) is 4.07. The van der Waals surface area contributed by atoms with Crippen molar-refractivity contribution in [3.05, 3.63) is 58.6 Å². The van der Waals surface area contributed by atoms with E-state index in [1.54, 1.807) is 54.5 Å². The van der Waals surface area contributed by atoms with Gasteiger partial charge < -0.3 is 25.0 Å². The highest BCUT2D eigenvalue weighted by Gasteiger charge is 2.23. The monoisotopic (exact) mass is 515 g/mol. The first-order chi connectivity index (χ1) is 17.3. The minimum Gasteiger partial charge on any atom is -0.497 e. The van der Waals surface area contributed by atoms with Gasteiger partial charge in [0.2, 0.25) is 5.91 Å². The maximum atomic E-state index is 13.2. The summed E-state index contributed by atoms with van der Waals surface area (Å²) in [7, 11) is 1.56. The molecule has 0 fully saturated rings. The minimum absolute atomic E-state index is 0.0714. The second kappa shape index (κ2) is 13.2. The van der Waals surface area contributed by atoms with E-state index < -0.39 is 0 Å². The zero-order valence-corrected chi connectivity index (χ0v) is 21.8. The van der Waals surface area contributed by atoms with Crippen molar-refractivity contribution in [1.82, 2.24) is 15.5 Å². The summed E-state index contributed by atoms with van der Waals surface area (Å²) < 4.78 is 11.2. The lowest BCUT2D eigenvalue weighted by atomic mass is 10.0. The predicted octanol–water partition coefficient (Wildman–Crippen LogP) is 3.92. The number of hydrogen-bond donors (Lipinski definition) is 2. The molecule has 3 rings (SSSR count). The summed E-state index contributed by atoms with van der Waals surface area (Å²) in [5.74, 6) is 0.581. The Bertz CT molecular complexity index is 1060. The summed E-state index contributed by atoms with van der Waals surface area (Å²) in [6.45, 7) is 5.01. The number of fused-ring (bicyclic) bond motifs is 1. The normalized spacial score (nSPS) is 17.7. The molecule has 1 aliphatic heterocycles. The van der Waals surface area contributed by atoms with Gasteiger partial charge in [0.15, 0.2) is 0 Å². The van der Waals surface area contributed by atoms with Gasteiger partial charge >= 0.3 is 0 Å². The van der Waals surface area contributed by atoms with Crippen LogP contribution in [0.2, 0.25) is 5.02 Å². The molecular weight excluding hydrogens is 482 g/mol. The maximum Gasteiger partial charge on any atom is 0.255 e. The van der Waals surface area contributed by atoms with E-state index in [4.69, 9.17) is 21.1 Å². The van der Waals surface area contributed by atoms with E-state index >= 15 is 0 Å². The van der Waals surface area contributed by atoms with Gasteiger partial charge in [-0.05, 0) is 67.6 Å². The largest absolute Gasteiger partial charge is 0.497 e. The number of methoxy groups -OCH3 is 1. The van der Waals surface area contributed by atoms with E-state index in [1.807, 2.05) is 0 Å². The van der Waals surface area contributed by atoms with Crippen LogP contribution in [0.15, 0.2) is 42.5 Å². The van der Waals surface area contributed by atoms with Gasteiger partial charge in [0.25, 0.3) is 11.8 Å². The summed E-state index contributed by atoms with van der Waals surface area (Å²) >= 11 is 6.13. The topological polar surface area (TPSA) is 97.0 Å². The van der Waals surface area contributed by atoms with Gasteiger partial charge in [-0.1, -0.05) is 25.4 Å². The number of hydrogen-bond acceptors (Lipinski definition) is 5. The van der Waals surface area contributed by atoms with Crippen molar-refractivity contribution in [3.63, 3.8) is 0 Å². The number of carbonyl (C=O) groups excluding carboxylic acids is 3. The first-order valence-electron chi connectivity index (χ1n) is 12.2. The molecule has 8 nitrogen and oxygen atoms in total. The molecule has 0 spiro atoms. The van der Waals surface area contributed by atoms with Crippen molar-refractivity contribution < 1.29 is 23.9 Å². The molecule has 1 heterocycles. The van der Waals surface area contributed by atoms with Crippen molar-refractivity contribution in [1.29, 1.82) is 0 Å². The van der Waals surface area contributed by atoms with Gasteiger partial charge in [0.05, 0.1) is 25.3 Å². The third-order valence-corrected chi connectivity index (χ3v) is 6.08. The van der Waals surface area contributed by atoms with Gasteiger partial charge in [-0.2, -0.15) is 0 Å². The lowest BCUT2D eigenvalue weighted by Gasteiger charge is -2.25. The molecule has 0 saturated heterocycles. The summed E-state index contributed by atoms with van der Waals surface area (Å²) in [5, 5.41) is 6.36. The molecule has 0 unspecified atom stereocenters. The number of halogens is 1. The Morgan fingerprint density at radius 1 is 1.17 bits per heavy atom. The van der Waals surface area contributed by atoms with E-state index in [0.717, 1.165) is 0 Å². The lowest BCUT2D eigenvalue weighted by molar-refractivity contribution is -0.122. The molecule has 0 bridgehead atoms. The van der Waals surface area contributed by atoms with Crippen LogP contribution >= 0.6 is 11.6 Å². The van der Waals surface area contributed by atoms with Gasteiger partial charge in [0.1, 0.15) is 18.1 Å². The molecule has 0 aliphatic carbocycles. The van der Waals surface area contributed by atoms with E-state index in [0.29, 0.717) is 65.9 Å². The van der Waals surface area contributed by atoms with Crippen LogP contribution in [0.3, 0.4) is 0 Å². The molecular formula is C27H34ClN3O5. The van der Waals surface area contributed by atoms with Crippen molar-refractivity contribution in [2.75, 3.05) is 33.4 Å². The third-order valence-electron chi connectivity index (χ3n) is 5.85. The zero-order chi connectivity index (χ0) is 26.1. The van der Waals surface area contributed by atoms with Crippen LogP contribution in [0, 0.1) is 5.92 Å². The Hall–Kier alpha value is -3.26. The van der Waals surface area contributed by atoms with Gasteiger partial charge in [0, 0.05) is 23.7 Å². The summed E-state index contributed by atoms with van der Waals surface area (Å²) in [6, 6.07) is 11.4. The van der Waals surface area contributed by atoms with E-state index in [9.17, 15) is 14.4 Å². The fraction of sp³-hybridized carbons (Fsp3) is 0.444. The van der Waals surface area contributed by atoms with Crippen LogP contribution in [0.25, 0.3) is 0 Å². The fourth-order valence-corrected chi connectivity index (χ4v) is 4.25. The number of benzene rings is 2. The van der Waals surface area contributed by atoms with E-state index in [2.05, 4.69) is 24.5 Å². The first kappa shape index (κ1) is 27.3. The summed E-state index contributed by atoms with van der Waals surface area (Å²) in [6.07, 6.45) is 1.92. The second-order valence-corrected chi connectivity index (χ2v) is 9.70. The number of nitrogens with zero attached hydrogens (tertiary/aromatic N) is 1. The predicted molar refractivity (Wildman–Crippen MR) is 139 cm³/mol. The molecule has 2 aromatic rings. The number of ether oxygens (including phenoxy) is 2. The molecule has 2 N–H and O–H groups in total. The molecule has 1 aliphatic rings. The minimum atomic E-state index is -0.299. The SMILES string of the molecule is COc1ccc(C(=O)N2CCCCNC(=O)c3cc(Cl)ccc3OC[C@H](CC(C)C)NC(=O)C2)cc1. The van der Waals surface area contributed by atoms with Crippen LogP contribution in [-0.2, 0) is 4.79 Å². The van der Waals surface area contributed by atoms with Crippen molar-refractivity contribution in [3.8, 4) is 11.5 Å².